The highest BCUT2D eigenvalue weighted by molar-refractivity contribution is 5.90. The molecule has 1 unspecified atom stereocenters. The molecule has 9 heteroatoms. The molecule has 2 aromatic rings. The van der Waals surface area contributed by atoms with Crippen molar-refractivity contribution >= 4 is 35.6 Å². The normalized spacial score (nSPS) is 14.2. The van der Waals surface area contributed by atoms with Gasteiger partial charge in [-0.05, 0) is 60.4 Å². The molecule has 0 spiro atoms. The molecule has 0 aliphatic carbocycles. The maximum atomic E-state index is 13.4. The molecule has 2 amide bonds. The highest BCUT2D eigenvalue weighted by atomic mass is 16.8. The lowest BCUT2D eigenvalue weighted by Crippen LogP contribution is -2.72. The second kappa shape index (κ2) is 7.23. The maximum absolute atomic E-state index is 13.4. The number of fused-ring (bicyclic) bond motifs is 1. The first-order valence-corrected chi connectivity index (χ1v) is 8.83. The fourth-order valence-corrected chi connectivity index (χ4v) is 2.91. The number of H-pyrrole nitrogens is 1. The molecular formula is C19H28N5O4+. The van der Waals surface area contributed by atoms with E-state index >= 15 is 0 Å². The summed E-state index contributed by atoms with van der Waals surface area (Å²) < 4.78 is 4.72. The van der Waals surface area contributed by atoms with Gasteiger partial charge in [0.2, 0.25) is 0 Å². The Labute approximate surface area is 164 Å². The van der Waals surface area contributed by atoms with E-state index in [4.69, 9.17) is 9.57 Å². The molecule has 2 aromatic heterocycles. The molecular weight excluding hydrogens is 362 g/mol. The van der Waals surface area contributed by atoms with Crippen LogP contribution in [0.3, 0.4) is 0 Å². The first kappa shape index (κ1) is 21.4. The van der Waals surface area contributed by atoms with E-state index in [1.54, 1.807) is 67.1 Å². The Bertz CT molecular complexity index is 894. The molecule has 152 valence electrons. The minimum Gasteiger partial charge on any atom is -0.410 e. The molecule has 2 heterocycles. The highest BCUT2D eigenvalue weighted by Crippen LogP contribution is 2.37. The van der Waals surface area contributed by atoms with Crippen LogP contribution in [-0.4, -0.2) is 51.8 Å². The molecule has 0 radical (unpaired) electrons. The summed E-state index contributed by atoms with van der Waals surface area (Å²) in [6.45, 7) is 13.7. The lowest BCUT2D eigenvalue weighted by Gasteiger charge is -2.44. The molecule has 0 saturated heterocycles. The number of anilines is 1. The Morgan fingerprint density at radius 2 is 1.89 bits per heavy atom. The molecule has 9 nitrogen and oxygen atoms in total. The Hall–Kier alpha value is -2.94. The Balaban J connectivity index is 2.72. The van der Waals surface area contributed by atoms with E-state index in [0.717, 1.165) is 5.39 Å². The summed E-state index contributed by atoms with van der Waals surface area (Å²) in [5.74, 6) is 0. The summed E-state index contributed by atoms with van der Waals surface area (Å²) >= 11 is 0. The number of aliphatic imine (C=N–C) groups is 1. The molecule has 0 fully saturated rings. The van der Waals surface area contributed by atoms with Crippen molar-refractivity contribution in [3.05, 3.63) is 24.5 Å². The maximum Gasteiger partial charge on any atom is 0.587 e. The number of aromatic amines is 1. The van der Waals surface area contributed by atoms with Gasteiger partial charge in [-0.2, -0.15) is 14.8 Å². The van der Waals surface area contributed by atoms with Gasteiger partial charge in [0, 0.05) is 17.8 Å². The third kappa shape index (κ3) is 3.84. The van der Waals surface area contributed by atoms with Crippen molar-refractivity contribution in [2.45, 2.75) is 52.7 Å². The predicted molar refractivity (Wildman–Crippen MR) is 107 cm³/mol. The van der Waals surface area contributed by atoms with Crippen LogP contribution in [-0.2, 0) is 9.57 Å². The van der Waals surface area contributed by atoms with Gasteiger partial charge in [-0.1, -0.05) is 0 Å². The lowest BCUT2D eigenvalue weighted by molar-refractivity contribution is -1.07. The van der Waals surface area contributed by atoms with E-state index in [0.29, 0.717) is 11.3 Å². The fraction of sp³-hybridized carbons (Fsp3) is 0.474. The van der Waals surface area contributed by atoms with Gasteiger partial charge in [0.1, 0.15) is 16.9 Å². The summed E-state index contributed by atoms with van der Waals surface area (Å²) in [4.78, 5) is 41.8. The molecule has 0 aliphatic rings. The molecule has 0 bridgehead atoms. The minimum atomic E-state index is -0.995. The standard InChI is InChI=1S/C19H28N5O4/c1-18(2,3)24(28-16(25)20-7,17(26)27-19(4,5)6)23(8)14-12-22-15-13(14)10-9-11-21-15/h9-12H,7H2,1-6,8H3,(H,21,22)/q+1. The summed E-state index contributed by atoms with van der Waals surface area (Å²) in [5, 5.41) is 2.28. The summed E-state index contributed by atoms with van der Waals surface area (Å²) in [5.41, 5.74) is -0.513. The van der Waals surface area contributed by atoms with Crippen molar-refractivity contribution in [3.63, 3.8) is 0 Å². The number of aromatic nitrogens is 2. The number of nitrogens with zero attached hydrogens (tertiary/aromatic N) is 4. The summed E-state index contributed by atoms with van der Waals surface area (Å²) in [7, 11) is 1.64. The Kier molecular flexibility index (Phi) is 5.52. The number of quaternary nitrogens is 1. The van der Waals surface area contributed by atoms with E-state index in [-0.39, 0.29) is 0 Å². The van der Waals surface area contributed by atoms with E-state index < -0.39 is 28.1 Å². The van der Waals surface area contributed by atoms with Crippen LogP contribution >= 0.6 is 0 Å². The summed E-state index contributed by atoms with van der Waals surface area (Å²) in [6.07, 6.45) is 1.59. The monoisotopic (exact) mass is 390 g/mol. The Morgan fingerprint density at radius 1 is 1.25 bits per heavy atom. The average Bonchev–Trinajstić information content (AvgIpc) is 3.00. The van der Waals surface area contributed by atoms with Crippen LogP contribution in [0.25, 0.3) is 11.0 Å². The number of nitrogens with one attached hydrogen (secondary N) is 1. The van der Waals surface area contributed by atoms with Crippen LogP contribution in [0.1, 0.15) is 41.5 Å². The molecule has 1 atom stereocenters. The van der Waals surface area contributed by atoms with Crippen molar-refractivity contribution in [2.24, 2.45) is 4.99 Å². The second-order valence-corrected chi connectivity index (χ2v) is 8.34. The van der Waals surface area contributed by atoms with E-state index in [2.05, 4.69) is 21.7 Å². The van der Waals surface area contributed by atoms with Gasteiger partial charge in [0.15, 0.2) is 5.54 Å². The molecule has 0 saturated carbocycles. The number of hydrogen-bond donors (Lipinski definition) is 1. The van der Waals surface area contributed by atoms with Crippen molar-refractivity contribution in [1.29, 1.82) is 0 Å². The first-order chi connectivity index (χ1) is 12.8. The highest BCUT2D eigenvalue weighted by Gasteiger charge is 2.60. The van der Waals surface area contributed by atoms with Crippen molar-refractivity contribution in [3.8, 4) is 0 Å². The lowest BCUT2D eigenvalue weighted by atomic mass is 10.1. The summed E-state index contributed by atoms with van der Waals surface area (Å²) in [6, 6.07) is 3.63. The van der Waals surface area contributed by atoms with Crippen LogP contribution in [0.4, 0.5) is 15.3 Å². The van der Waals surface area contributed by atoms with Gasteiger partial charge in [-0.25, -0.2) is 14.6 Å². The largest absolute Gasteiger partial charge is 0.587 e. The zero-order valence-electron chi connectivity index (χ0n) is 17.4. The van der Waals surface area contributed by atoms with Crippen molar-refractivity contribution in [1.82, 2.24) is 9.97 Å². The average molecular weight is 390 g/mol. The third-order valence-corrected chi connectivity index (χ3v) is 4.09. The third-order valence-electron chi connectivity index (χ3n) is 4.09. The smallest absolute Gasteiger partial charge is 0.410 e. The molecule has 1 N–H and O–H groups in total. The van der Waals surface area contributed by atoms with Gasteiger partial charge < -0.3 is 9.72 Å². The number of hydroxylamine groups is 2. The predicted octanol–water partition coefficient (Wildman–Crippen LogP) is 4.22. The molecule has 0 aliphatic heterocycles. The van der Waals surface area contributed by atoms with Gasteiger partial charge in [-0.15, -0.1) is 0 Å². The van der Waals surface area contributed by atoms with Gasteiger partial charge in [-0.3, -0.25) is 0 Å². The number of pyridine rings is 1. The number of ether oxygens (including phenoxy) is 1. The van der Waals surface area contributed by atoms with E-state index in [1.165, 1.54) is 5.01 Å². The van der Waals surface area contributed by atoms with Gasteiger partial charge in [0.05, 0.1) is 11.8 Å². The van der Waals surface area contributed by atoms with E-state index in [1.807, 2.05) is 6.07 Å². The molecule has 28 heavy (non-hydrogen) atoms. The van der Waals surface area contributed by atoms with Gasteiger partial charge in [0.25, 0.3) is 0 Å². The van der Waals surface area contributed by atoms with Crippen LogP contribution < -0.4 is 5.01 Å². The van der Waals surface area contributed by atoms with Crippen molar-refractivity contribution in [2.75, 3.05) is 12.1 Å². The zero-order valence-corrected chi connectivity index (χ0v) is 17.4. The Morgan fingerprint density at radius 3 is 2.43 bits per heavy atom. The SMILES string of the molecule is C=NC(=O)O[N+](C(=O)OC(C)(C)C)(N(C)c1c[nH]c2ncccc12)C(C)(C)C. The number of amides is 2. The number of carbonyl (C=O) groups excluding carboxylic acids is 2. The van der Waals surface area contributed by atoms with Gasteiger partial charge >= 0.3 is 12.2 Å². The number of rotatable bonds is 2. The topological polar surface area (TPSA) is 96.9 Å². The minimum absolute atomic E-state index is 0.598. The van der Waals surface area contributed by atoms with Crippen LogP contribution in [0.2, 0.25) is 0 Å². The molecule has 0 aromatic carbocycles. The quantitative estimate of drug-likeness (QED) is 0.468. The molecule has 2 rings (SSSR count). The second-order valence-electron chi connectivity index (χ2n) is 8.34. The van der Waals surface area contributed by atoms with Crippen LogP contribution in [0, 0.1) is 0 Å². The fourth-order valence-electron chi connectivity index (χ4n) is 2.91. The van der Waals surface area contributed by atoms with Crippen LogP contribution in [0.5, 0.6) is 0 Å². The van der Waals surface area contributed by atoms with Crippen LogP contribution in [0.15, 0.2) is 29.5 Å². The number of carbonyl (C=O) groups is 2. The van der Waals surface area contributed by atoms with E-state index in [9.17, 15) is 9.59 Å². The zero-order chi connectivity index (χ0) is 21.3. The van der Waals surface area contributed by atoms with Crippen molar-refractivity contribution < 1.29 is 23.9 Å². The first-order valence-electron chi connectivity index (χ1n) is 8.83. The number of hydrogen-bond acceptors (Lipinski definition) is 6.